The van der Waals surface area contributed by atoms with E-state index in [1.807, 2.05) is 6.92 Å². The molecule has 13 heavy (non-hydrogen) atoms. The lowest BCUT2D eigenvalue weighted by Gasteiger charge is -2.16. The first-order valence-electron chi connectivity index (χ1n) is 5.34. The van der Waals surface area contributed by atoms with Crippen molar-refractivity contribution >= 4 is 5.97 Å². The first-order chi connectivity index (χ1) is 6.11. The van der Waals surface area contributed by atoms with Gasteiger partial charge < -0.3 is 4.74 Å². The highest BCUT2D eigenvalue weighted by atomic mass is 16.6. The van der Waals surface area contributed by atoms with E-state index in [1.54, 1.807) is 0 Å². The van der Waals surface area contributed by atoms with Crippen LogP contribution < -0.4 is 0 Å². The number of hydrogen-bond donors (Lipinski definition) is 0. The molecule has 0 aromatic rings. The minimum Gasteiger partial charge on any atom is -0.459 e. The third-order valence-electron chi connectivity index (χ3n) is 2.76. The Kier molecular flexibility index (Phi) is 3.34. The van der Waals surface area contributed by atoms with E-state index in [0.29, 0.717) is 0 Å². The Hall–Kier alpha value is -0.530. The number of carbonyl (C=O) groups is 1. The zero-order valence-electron chi connectivity index (χ0n) is 8.93. The Morgan fingerprint density at radius 2 is 2.08 bits per heavy atom. The van der Waals surface area contributed by atoms with Gasteiger partial charge in [0.1, 0.15) is 5.60 Å². The molecule has 2 nitrogen and oxygen atoms in total. The molecule has 0 amide bonds. The molecule has 1 saturated carbocycles. The maximum atomic E-state index is 11.6. The Balaban J connectivity index is 2.35. The summed E-state index contributed by atoms with van der Waals surface area (Å²) in [5.74, 6) is 0.145. The van der Waals surface area contributed by atoms with Crippen molar-refractivity contribution in [3.8, 4) is 0 Å². The molecule has 0 aromatic heterocycles. The van der Waals surface area contributed by atoms with Crippen molar-refractivity contribution in [2.45, 2.75) is 58.5 Å². The fraction of sp³-hybridized carbons (Fsp3) is 0.909. The summed E-state index contributed by atoms with van der Waals surface area (Å²) >= 11 is 0. The SMILES string of the molecule is CCCC(CC)C(=O)OC1(C)CC1. The van der Waals surface area contributed by atoms with E-state index in [4.69, 9.17) is 4.74 Å². The van der Waals surface area contributed by atoms with Crippen LogP contribution in [0.15, 0.2) is 0 Å². The van der Waals surface area contributed by atoms with Gasteiger partial charge in [-0.05, 0) is 32.6 Å². The number of ether oxygens (including phenoxy) is 1. The lowest BCUT2D eigenvalue weighted by atomic mass is 10.0. The second kappa shape index (κ2) is 4.12. The van der Waals surface area contributed by atoms with Gasteiger partial charge in [0.15, 0.2) is 0 Å². The minimum absolute atomic E-state index is 0.0179. The third-order valence-corrected chi connectivity index (χ3v) is 2.76. The molecule has 1 aliphatic carbocycles. The summed E-state index contributed by atoms with van der Waals surface area (Å²) in [5.41, 5.74) is -0.0990. The van der Waals surface area contributed by atoms with Crippen molar-refractivity contribution in [2.75, 3.05) is 0 Å². The van der Waals surface area contributed by atoms with Crippen LogP contribution in [-0.4, -0.2) is 11.6 Å². The van der Waals surface area contributed by atoms with Crippen LogP contribution in [0.5, 0.6) is 0 Å². The quantitative estimate of drug-likeness (QED) is 0.614. The summed E-state index contributed by atoms with van der Waals surface area (Å²) in [6.45, 7) is 6.18. The highest BCUT2D eigenvalue weighted by molar-refractivity contribution is 5.73. The fourth-order valence-corrected chi connectivity index (χ4v) is 1.44. The van der Waals surface area contributed by atoms with Gasteiger partial charge in [-0.3, -0.25) is 4.79 Å². The molecule has 2 heteroatoms. The first-order valence-corrected chi connectivity index (χ1v) is 5.34. The van der Waals surface area contributed by atoms with Gasteiger partial charge in [-0.15, -0.1) is 0 Å². The predicted molar refractivity (Wildman–Crippen MR) is 52.4 cm³/mol. The smallest absolute Gasteiger partial charge is 0.309 e. The number of carbonyl (C=O) groups excluding carboxylic acids is 1. The molecule has 0 aliphatic heterocycles. The van der Waals surface area contributed by atoms with Gasteiger partial charge in [0, 0.05) is 0 Å². The predicted octanol–water partition coefficient (Wildman–Crippen LogP) is 2.91. The summed E-state index contributed by atoms with van der Waals surface area (Å²) in [6.07, 6.45) is 5.01. The van der Waals surface area contributed by atoms with Gasteiger partial charge in [-0.2, -0.15) is 0 Å². The molecular formula is C11H20O2. The van der Waals surface area contributed by atoms with E-state index in [0.717, 1.165) is 32.1 Å². The molecule has 1 fully saturated rings. The molecule has 0 radical (unpaired) electrons. The van der Waals surface area contributed by atoms with Crippen LogP contribution >= 0.6 is 0 Å². The van der Waals surface area contributed by atoms with Gasteiger partial charge in [0.05, 0.1) is 5.92 Å². The number of rotatable bonds is 5. The molecule has 0 saturated heterocycles. The zero-order chi connectivity index (χ0) is 9.90. The van der Waals surface area contributed by atoms with Crippen molar-refractivity contribution in [1.82, 2.24) is 0 Å². The van der Waals surface area contributed by atoms with Crippen LogP contribution in [0, 0.1) is 5.92 Å². The molecule has 0 aromatic carbocycles. The van der Waals surface area contributed by atoms with Gasteiger partial charge in [0.25, 0.3) is 0 Å². The van der Waals surface area contributed by atoms with E-state index in [-0.39, 0.29) is 17.5 Å². The Bertz CT molecular complexity index is 183. The van der Waals surface area contributed by atoms with Gasteiger partial charge in [0.2, 0.25) is 0 Å². The summed E-state index contributed by atoms with van der Waals surface area (Å²) < 4.78 is 5.42. The second-order valence-corrected chi connectivity index (χ2v) is 4.26. The van der Waals surface area contributed by atoms with Gasteiger partial charge in [-0.1, -0.05) is 20.3 Å². The number of hydrogen-bond acceptors (Lipinski definition) is 2. The average molecular weight is 184 g/mol. The molecular weight excluding hydrogens is 164 g/mol. The Labute approximate surface area is 80.7 Å². The van der Waals surface area contributed by atoms with E-state index >= 15 is 0 Å². The molecule has 1 unspecified atom stereocenters. The topological polar surface area (TPSA) is 26.3 Å². The second-order valence-electron chi connectivity index (χ2n) is 4.26. The maximum Gasteiger partial charge on any atom is 0.309 e. The molecule has 0 N–H and O–H groups in total. The van der Waals surface area contributed by atoms with Crippen LogP contribution in [0.25, 0.3) is 0 Å². The van der Waals surface area contributed by atoms with E-state index in [9.17, 15) is 4.79 Å². The largest absolute Gasteiger partial charge is 0.459 e. The minimum atomic E-state index is -0.0990. The van der Waals surface area contributed by atoms with Crippen molar-refractivity contribution < 1.29 is 9.53 Å². The monoisotopic (exact) mass is 184 g/mol. The molecule has 0 bridgehead atoms. The Morgan fingerprint density at radius 3 is 2.46 bits per heavy atom. The van der Waals surface area contributed by atoms with Gasteiger partial charge >= 0.3 is 5.97 Å². The fourth-order valence-electron chi connectivity index (χ4n) is 1.44. The summed E-state index contributed by atoms with van der Waals surface area (Å²) in [5, 5.41) is 0. The summed E-state index contributed by atoms with van der Waals surface area (Å²) in [6, 6.07) is 0. The molecule has 1 rings (SSSR count). The summed E-state index contributed by atoms with van der Waals surface area (Å²) in [7, 11) is 0. The molecule has 1 atom stereocenters. The third kappa shape index (κ3) is 3.02. The molecule has 76 valence electrons. The van der Waals surface area contributed by atoms with E-state index in [2.05, 4.69) is 13.8 Å². The lowest BCUT2D eigenvalue weighted by molar-refractivity contribution is -0.155. The highest BCUT2D eigenvalue weighted by Gasteiger charge is 2.42. The average Bonchev–Trinajstić information content (AvgIpc) is 2.78. The van der Waals surface area contributed by atoms with Crippen LogP contribution in [0.1, 0.15) is 52.9 Å². The van der Waals surface area contributed by atoms with Gasteiger partial charge in [-0.25, -0.2) is 0 Å². The van der Waals surface area contributed by atoms with Crippen molar-refractivity contribution in [3.63, 3.8) is 0 Å². The number of esters is 1. The van der Waals surface area contributed by atoms with Crippen molar-refractivity contribution in [3.05, 3.63) is 0 Å². The summed E-state index contributed by atoms with van der Waals surface area (Å²) in [4.78, 5) is 11.6. The van der Waals surface area contributed by atoms with E-state index < -0.39 is 0 Å². The van der Waals surface area contributed by atoms with Crippen LogP contribution in [0.2, 0.25) is 0 Å². The van der Waals surface area contributed by atoms with E-state index in [1.165, 1.54) is 0 Å². The standard InChI is InChI=1S/C11H20O2/c1-4-6-9(5-2)10(12)13-11(3)7-8-11/h9H,4-8H2,1-3H3. The highest BCUT2D eigenvalue weighted by Crippen LogP contribution is 2.39. The zero-order valence-corrected chi connectivity index (χ0v) is 8.93. The molecule has 0 spiro atoms. The normalized spacial score (nSPS) is 20.8. The maximum absolute atomic E-state index is 11.6. The Morgan fingerprint density at radius 1 is 1.46 bits per heavy atom. The van der Waals surface area contributed by atoms with Crippen molar-refractivity contribution in [2.24, 2.45) is 5.92 Å². The van der Waals surface area contributed by atoms with Crippen molar-refractivity contribution in [1.29, 1.82) is 0 Å². The molecule has 0 heterocycles. The van der Waals surface area contributed by atoms with Crippen LogP contribution in [0.4, 0.5) is 0 Å². The first kappa shape index (κ1) is 10.6. The molecule has 1 aliphatic rings. The lowest BCUT2D eigenvalue weighted by Crippen LogP contribution is -2.23. The van der Waals surface area contributed by atoms with Crippen LogP contribution in [0.3, 0.4) is 0 Å². The van der Waals surface area contributed by atoms with Crippen LogP contribution in [-0.2, 0) is 9.53 Å².